The monoisotopic (exact) mass is 359 g/mol. The van der Waals surface area contributed by atoms with Crippen LogP contribution in [0.5, 0.6) is 11.5 Å². The van der Waals surface area contributed by atoms with E-state index in [-0.39, 0.29) is 23.0 Å². The molecular weight excluding hydrogens is 340 g/mol. The molecule has 26 heavy (non-hydrogen) atoms. The normalized spacial score (nSPS) is 23.3. The molecule has 2 atom stereocenters. The third-order valence-corrected chi connectivity index (χ3v) is 5.32. The molecule has 2 aromatic rings. The molecule has 1 aliphatic heterocycles. The zero-order valence-corrected chi connectivity index (χ0v) is 14.3. The van der Waals surface area contributed by atoms with E-state index in [0.717, 1.165) is 24.2 Å². The van der Waals surface area contributed by atoms with E-state index in [4.69, 9.17) is 4.74 Å². The summed E-state index contributed by atoms with van der Waals surface area (Å²) in [4.78, 5) is 12.9. The van der Waals surface area contributed by atoms with E-state index < -0.39 is 6.61 Å². The van der Waals surface area contributed by atoms with Crippen LogP contribution in [0.4, 0.5) is 14.5 Å². The second-order valence-electron chi connectivity index (χ2n) is 6.82. The molecule has 6 heteroatoms. The Hall–Kier alpha value is -2.63. The number of halogens is 2. The number of aryl methyl sites for hydroxylation is 1. The topological polar surface area (TPSA) is 47.6 Å². The first-order chi connectivity index (χ1) is 12.5. The van der Waals surface area contributed by atoms with E-state index in [9.17, 15) is 13.6 Å². The van der Waals surface area contributed by atoms with Crippen molar-refractivity contribution in [3.8, 4) is 11.5 Å². The van der Waals surface area contributed by atoms with E-state index in [1.165, 1.54) is 6.07 Å². The number of alkyl halides is 2. The second-order valence-corrected chi connectivity index (χ2v) is 6.82. The number of hydrogen-bond acceptors (Lipinski definition) is 3. The van der Waals surface area contributed by atoms with Gasteiger partial charge in [-0.1, -0.05) is 30.3 Å². The van der Waals surface area contributed by atoms with Gasteiger partial charge in [-0.05, 0) is 37.5 Å². The van der Waals surface area contributed by atoms with Crippen LogP contribution in [-0.2, 0) is 10.2 Å². The number of amides is 1. The molecule has 0 aromatic heterocycles. The van der Waals surface area contributed by atoms with Crippen molar-refractivity contribution in [3.63, 3.8) is 0 Å². The SMILES string of the molecule is Cc1cccc(OC(F)F)c1NC(=O)[C@@H]1C[C@]12CCOc1ccccc12. The van der Waals surface area contributed by atoms with Crippen LogP contribution in [-0.4, -0.2) is 19.1 Å². The Morgan fingerprint density at radius 3 is 2.88 bits per heavy atom. The molecule has 1 spiro atoms. The predicted octanol–water partition coefficient (Wildman–Crippen LogP) is 4.28. The van der Waals surface area contributed by atoms with Crippen LogP contribution in [0, 0.1) is 12.8 Å². The average molecular weight is 359 g/mol. The maximum atomic E-state index is 12.9. The molecule has 136 valence electrons. The second kappa shape index (κ2) is 6.27. The van der Waals surface area contributed by atoms with Gasteiger partial charge in [0.2, 0.25) is 5.91 Å². The van der Waals surface area contributed by atoms with Crippen LogP contribution < -0.4 is 14.8 Å². The fourth-order valence-corrected chi connectivity index (χ4v) is 3.91. The molecule has 1 aliphatic carbocycles. The predicted molar refractivity (Wildman–Crippen MR) is 92.8 cm³/mol. The number of carbonyl (C=O) groups is 1. The summed E-state index contributed by atoms with van der Waals surface area (Å²) in [5, 5.41) is 2.81. The zero-order valence-electron chi connectivity index (χ0n) is 14.3. The number of rotatable bonds is 4. The Bertz CT molecular complexity index is 855. The quantitative estimate of drug-likeness (QED) is 0.887. The van der Waals surface area contributed by atoms with Crippen molar-refractivity contribution in [2.45, 2.75) is 31.8 Å². The molecule has 0 saturated heterocycles. The Labute approximate surface area is 150 Å². The molecule has 1 saturated carbocycles. The highest BCUT2D eigenvalue weighted by Gasteiger charge is 2.61. The Balaban J connectivity index is 1.57. The number of benzene rings is 2. The Morgan fingerprint density at radius 1 is 1.27 bits per heavy atom. The minimum Gasteiger partial charge on any atom is -0.493 e. The first kappa shape index (κ1) is 16.8. The number of hydrogen-bond donors (Lipinski definition) is 1. The third kappa shape index (κ3) is 2.79. The lowest BCUT2D eigenvalue weighted by Gasteiger charge is -2.26. The number of nitrogens with one attached hydrogen (secondary N) is 1. The summed E-state index contributed by atoms with van der Waals surface area (Å²) in [6, 6.07) is 12.6. The van der Waals surface area contributed by atoms with Gasteiger partial charge in [-0.15, -0.1) is 0 Å². The van der Waals surface area contributed by atoms with Gasteiger partial charge in [0.25, 0.3) is 0 Å². The van der Waals surface area contributed by atoms with Gasteiger partial charge in [0.1, 0.15) is 11.5 Å². The van der Waals surface area contributed by atoms with E-state index >= 15 is 0 Å². The summed E-state index contributed by atoms with van der Waals surface area (Å²) >= 11 is 0. The lowest BCUT2D eigenvalue weighted by Crippen LogP contribution is -2.27. The lowest BCUT2D eigenvalue weighted by molar-refractivity contribution is -0.118. The highest BCUT2D eigenvalue weighted by molar-refractivity contribution is 5.98. The van der Waals surface area contributed by atoms with Crippen molar-refractivity contribution in [2.75, 3.05) is 11.9 Å². The smallest absolute Gasteiger partial charge is 0.387 e. The van der Waals surface area contributed by atoms with Gasteiger partial charge in [0.05, 0.1) is 12.3 Å². The van der Waals surface area contributed by atoms with Crippen molar-refractivity contribution in [2.24, 2.45) is 5.92 Å². The highest BCUT2D eigenvalue weighted by Crippen LogP contribution is 2.61. The van der Waals surface area contributed by atoms with Gasteiger partial charge in [-0.2, -0.15) is 8.78 Å². The maximum absolute atomic E-state index is 12.9. The molecule has 1 heterocycles. The van der Waals surface area contributed by atoms with Gasteiger partial charge in [-0.25, -0.2) is 0 Å². The number of ether oxygens (including phenoxy) is 2. The fourth-order valence-electron chi connectivity index (χ4n) is 3.91. The molecule has 2 aliphatic rings. The summed E-state index contributed by atoms with van der Waals surface area (Å²) in [6.45, 7) is -0.618. The molecule has 4 rings (SSSR count). The van der Waals surface area contributed by atoms with Crippen LogP contribution in [0.25, 0.3) is 0 Å². The van der Waals surface area contributed by atoms with E-state index in [1.54, 1.807) is 19.1 Å². The van der Waals surface area contributed by atoms with Crippen LogP contribution in [0.2, 0.25) is 0 Å². The molecule has 1 fully saturated rings. The summed E-state index contributed by atoms with van der Waals surface area (Å²) in [7, 11) is 0. The average Bonchev–Trinajstić information content (AvgIpc) is 3.33. The third-order valence-electron chi connectivity index (χ3n) is 5.32. The molecule has 0 bridgehead atoms. The number of anilines is 1. The van der Waals surface area contributed by atoms with Crippen molar-refractivity contribution in [1.82, 2.24) is 0 Å². The largest absolute Gasteiger partial charge is 0.493 e. The fraction of sp³-hybridized carbons (Fsp3) is 0.350. The van der Waals surface area contributed by atoms with Gasteiger partial charge < -0.3 is 14.8 Å². The molecule has 2 aromatic carbocycles. The molecular formula is C20H19F2NO3. The molecule has 4 nitrogen and oxygen atoms in total. The molecule has 1 N–H and O–H groups in total. The van der Waals surface area contributed by atoms with Crippen molar-refractivity contribution in [1.29, 1.82) is 0 Å². The van der Waals surface area contributed by atoms with Crippen LogP contribution in [0.3, 0.4) is 0 Å². The minimum atomic E-state index is -2.94. The summed E-state index contributed by atoms with van der Waals surface area (Å²) < 4.78 is 35.5. The zero-order chi connectivity index (χ0) is 18.3. The molecule has 1 amide bonds. The maximum Gasteiger partial charge on any atom is 0.387 e. The van der Waals surface area contributed by atoms with E-state index in [0.29, 0.717) is 17.9 Å². The van der Waals surface area contributed by atoms with Crippen molar-refractivity contribution < 1.29 is 23.0 Å². The van der Waals surface area contributed by atoms with Gasteiger partial charge in [0.15, 0.2) is 0 Å². The van der Waals surface area contributed by atoms with Crippen molar-refractivity contribution >= 4 is 11.6 Å². The minimum absolute atomic E-state index is 0.0181. The van der Waals surface area contributed by atoms with E-state index in [2.05, 4.69) is 10.1 Å². The van der Waals surface area contributed by atoms with E-state index in [1.807, 2.05) is 24.3 Å². The first-order valence-corrected chi connectivity index (χ1v) is 8.59. The molecule has 0 unspecified atom stereocenters. The number of para-hydroxylation sites is 2. The van der Waals surface area contributed by atoms with Crippen LogP contribution in [0.1, 0.15) is 24.0 Å². The lowest BCUT2D eigenvalue weighted by atomic mass is 9.87. The summed E-state index contributed by atoms with van der Waals surface area (Å²) in [5.41, 5.74) is 1.82. The number of fused-ring (bicyclic) bond motifs is 2. The molecule has 0 radical (unpaired) electrons. The summed E-state index contributed by atoms with van der Waals surface area (Å²) in [5.74, 6) is 0.434. The Morgan fingerprint density at radius 2 is 2.08 bits per heavy atom. The van der Waals surface area contributed by atoms with Gasteiger partial charge in [0, 0.05) is 16.9 Å². The number of carbonyl (C=O) groups excluding carboxylic acids is 1. The standard InChI is InChI=1S/C20H19F2NO3/c1-12-5-4-8-16(26-19(21)22)17(12)23-18(24)14-11-20(14)9-10-25-15-7-3-2-6-13(15)20/h2-8,14,19H,9-11H2,1H3,(H,23,24)/t14-,20-/m0/s1. The Kier molecular flexibility index (Phi) is 4.05. The van der Waals surface area contributed by atoms with Gasteiger partial charge in [-0.3, -0.25) is 4.79 Å². The highest BCUT2D eigenvalue weighted by atomic mass is 19.3. The van der Waals surface area contributed by atoms with Gasteiger partial charge >= 0.3 is 6.61 Å². The van der Waals surface area contributed by atoms with Crippen molar-refractivity contribution in [3.05, 3.63) is 53.6 Å². The van der Waals surface area contributed by atoms with Crippen LogP contribution >= 0.6 is 0 Å². The van der Waals surface area contributed by atoms with Crippen LogP contribution in [0.15, 0.2) is 42.5 Å². The first-order valence-electron chi connectivity index (χ1n) is 8.59. The summed E-state index contributed by atoms with van der Waals surface area (Å²) in [6.07, 6.45) is 1.51.